The Labute approximate surface area is 145 Å². The SMILES string of the molecule is CCCc1nc(SC)ncc1C(=O)Nc1ccccc1C(=O)OC. The Balaban J connectivity index is 2.32. The van der Waals surface area contributed by atoms with E-state index in [1.54, 1.807) is 24.3 Å². The van der Waals surface area contributed by atoms with Gasteiger partial charge >= 0.3 is 5.97 Å². The van der Waals surface area contributed by atoms with E-state index in [9.17, 15) is 9.59 Å². The molecule has 126 valence electrons. The van der Waals surface area contributed by atoms with Crippen LogP contribution in [0.5, 0.6) is 0 Å². The number of carbonyl (C=O) groups excluding carboxylic acids is 2. The third-order valence-corrected chi connectivity index (χ3v) is 3.90. The molecule has 7 heteroatoms. The molecule has 24 heavy (non-hydrogen) atoms. The maximum Gasteiger partial charge on any atom is 0.339 e. The minimum Gasteiger partial charge on any atom is -0.465 e. The van der Waals surface area contributed by atoms with Gasteiger partial charge in [-0.25, -0.2) is 14.8 Å². The fourth-order valence-electron chi connectivity index (χ4n) is 2.18. The van der Waals surface area contributed by atoms with E-state index in [-0.39, 0.29) is 5.91 Å². The molecule has 0 aliphatic rings. The first kappa shape index (κ1) is 17.9. The summed E-state index contributed by atoms with van der Waals surface area (Å²) in [6, 6.07) is 6.70. The average molecular weight is 345 g/mol. The first-order chi connectivity index (χ1) is 11.6. The van der Waals surface area contributed by atoms with Crippen LogP contribution < -0.4 is 5.32 Å². The van der Waals surface area contributed by atoms with Crippen LogP contribution in [0.4, 0.5) is 5.69 Å². The van der Waals surface area contributed by atoms with Crippen LogP contribution in [-0.2, 0) is 11.2 Å². The Bertz CT molecular complexity index is 750. The van der Waals surface area contributed by atoms with Gasteiger partial charge in [0, 0.05) is 6.20 Å². The molecule has 2 rings (SSSR count). The van der Waals surface area contributed by atoms with E-state index >= 15 is 0 Å². The van der Waals surface area contributed by atoms with Gasteiger partial charge in [0.2, 0.25) is 0 Å². The van der Waals surface area contributed by atoms with Gasteiger partial charge in [-0.2, -0.15) is 0 Å². The molecule has 0 fully saturated rings. The molecule has 0 atom stereocenters. The van der Waals surface area contributed by atoms with E-state index < -0.39 is 5.97 Å². The minimum absolute atomic E-state index is 0.298. The van der Waals surface area contributed by atoms with Crippen molar-refractivity contribution >= 4 is 29.3 Å². The molecule has 0 unspecified atom stereocenters. The van der Waals surface area contributed by atoms with Crippen LogP contribution in [0.2, 0.25) is 0 Å². The second-order valence-corrected chi connectivity index (χ2v) is 5.73. The van der Waals surface area contributed by atoms with Gasteiger partial charge in [0.25, 0.3) is 5.91 Å². The summed E-state index contributed by atoms with van der Waals surface area (Å²) in [5.41, 5.74) is 1.80. The molecule has 0 saturated carbocycles. The highest BCUT2D eigenvalue weighted by Crippen LogP contribution is 2.19. The second-order valence-electron chi connectivity index (χ2n) is 4.96. The average Bonchev–Trinajstić information content (AvgIpc) is 2.61. The zero-order chi connectivity index (χ0) is 17.5. The second kappa shape index (κ2) is 8.44. The normalized spacial score (nSPS) is 10.3. The molecule has 0 spiro atoms. The largest absolute Gasteiger partial charge is 0.465 e. The number of nitrogens with one attached hydrogen (secondary N) is 1. The molecule has 1 aromatic carbocycles. The number of ether oxygens (including phenoxy) is 1. The number of aryl methyl sites for hydroxylation is 1. The Kier molecular flexibility index (Phi) is 6.31. The van der Waals surface area contributed by atoms with E-state index in [0.29, 0.717) is 34.1 Å². The van der Waals surface area contributed by atoms with Crippen molar-refractivity contribution < 1.29 is 14.3 Å². The summed E-state index contributed by atoms with van der Waals surface area (Å²) < 4.78 is 4.74. The number of aromatic nitrogens is 2. The van der Waals surface area contributed by atoms with Crippen molar-refractivity contribution in [1.82, 2.24) is 9.97 Å². The summed E-state index contributed by atoms with van der Waals surface area (Å²) in [7, 11) is 1.30. The quantitative estimate of drug-likeness (QED) is 0.492. The van der Waals surface area contributed by atoms with Crippen molar-refractivity contribution in [3.05, 3.63) is 47.3 Å². The number of para-hydroxylation sites is 1. The maximum absolute atomic E-state index is 12.6. The summed E-state index contributed by atoms with van der Waals surface area (Å²) in [6.07, 6.45) is 4.96. The highest BCUT2D eigenvalue weighted by atomic mass is 32.2. The van der Waals surface area contributed by atoms with E-state index in [1.165, 1.54) is 25.1 Å². The zero-order valence-electron chi connectivity index (χ0n) is 13.8. The van der Waals surface area contributed by atoms with E-state index in [1.807, 2.05) is 13.2 Å². The monoisotopic (exact) mass is 345 g/mol. The lowest BCUT2D eigenvalue weighted by Gasteiger charge is -2.12. The number of nitrogens with zero attached hydrogens (tertiary/aromatic N) is 2. The number of thioether (sulfide) groups is 1. The van der Waals surface area contributed by atoms with Crippen LogP contribution in [0.25, 0.3) is 0 Å². The molecule has 0 radical (unpaired) electrons. The van der Waals surface area contributed by atoms with Crippen molar-refractivity contribution in [2.75, 3.05) is 18.7 Å². The smallest absolute Gasteiger partial charge is 0.339 e. The Morgan fingerprint density at radius 3 is 2.67 bits per heavy atom. The van der Waals surface area contributed by atoms with Gasteiger partial charge in [-0.3, -0.25) is 4.79 Å². The lowest BCUT2D eigenvalue weighted by molar-refractivity contribution is 0.0602. The van der Waals surface area contributed by atoms with Crippen molar-refractivity contribution in [3.63, 3.8) is 0 Å². The number of rotatable bonds is 6. The number of anilines is 1. The summed E-state index contributed by atoms with van der Waals surface area (Å²) >= 11 is 1.43. The Morgan fingerprint density at radius 2 is 2.00 bits per heavy atom. The maximum atomic E-state index is 12.6. The molecule has 1 amide bonds. The zero-order valence-corrected chi connectivity index (χ0v) is 14.6. The lowest BCUT2D eigenvalue weighted by atomic mass is 10.1. The van der Waals surface area contributed by atoms with Gasteiger partial charge in [-0.1, -0.05) is 37.2 Å². The molecule has 0 saturated heterocycles. The van der Waals surface area contributed by atoms with Gasteiger partial charge in [0.05, 0.1) is 29.6 Å². The highest BCUT2D eigenvalue weighted by molar-refractivity contribution is 7.98. The number of amides is 1. The van der Waals surface area contributed by atoms with Crippen LogP contribution in [0.15, 0.2) is 35.6 Å². The predicted octanol–water partition coefficient (Wildman–Crippen LogP) is 3.19. The molecule has 2 aromatic rings. The fraction of sp³-hybridized carbons (Fsp3) is 0.294. The van der Waals surface area contributed by atoms with Gasteiger partial charge in [-0.05, 0) is 24.8 Å². The lowest BCUT2D eigenvalue weighted by Crippen LogP contribution is -2.18. The van der Waals surface area contributed by atoms with E-state index in [2.05, 4.69) is 15.3 Å². The molecule has 1 aromatic heterocycles. The van der Waals surface area contributed by atoms with Gasteiger partial charge in [0.1, 0.15) is 0 Å². The van der Waals surface area contributed by atoms with Crippen LogP contribution in [0, 0.1) is 0 Å². The van der Waals surface area contributed by atoms with Crippen LogP contribution in [0.1, 0.15) is 39.8 Å². The molecule has 6 nitrogen and oxygen atoms in total. The van der Waals surface area contributed by atoms with Crippen molar-refractivity contribution in [2.45, 2.75) is 24.9 Å². The summed E-state index contributed by atoms with van der Waals surface area (Å²) in [5.74, 6) is -0.851. The first-order valence-corrected chi connectivity index (χ1v) is 8.71. The van der Waals surface area contributed by atoms with Crippen LogP contribution >= 0.6 is 11.8 Å². The van der Waals surface area contributed by atoms with Gasteiger partial charge in [-0.15, -0.1) is 0 Å². The fourth-order valence-corrected chi connectivity index (χ4v) is 2.54. The molecule has 1 heterocycles. The van der Waals surface area contributed by atoms with Gasteiger partial charge in [0.15, 0.2) is 5.16 Å². The summed E-state index contributed by atoms with van der Waals surface area (Å²) in [4.78, 5) is 33.0. The van der Waals surface area contributed by atoms with Crippen molar-refractivity contribution in [3.8, 4) is 0 Å². The van der Waals surface area contributed by atoms with Crippen molar-refractivity contribution in [1.29, 1.82) is 0 Å². The number of benzene rings is 1. The summed E-state index contributed by atoms with van der Waals surface area (Å²) in [5, 5.41) is 3.38. The number of methoxy groups -OCH3 is 1. The number of hydrogen-bond donors (Lipinski definition) is 1. The van der Waals surface area contributed by atoms with Crippen molar-refractivity contribution in [2.24, 2.45) is 0 Å². The Morgan fingerprint density at radius 1 is 1.25 bits per heavy atom. The third-order valence-electron chi connectivity index (χ3n) is 3.34. The number of hydrogen-bond acceptors (Lipinski definition) is 6. The standard InChI is InChI=1S/C17H19N3O3S/c1-4-7-13-12(10-18-17(20-13)24-3)15(21)19-14-9-6-5-8-11(14)16(22)23-2/h5-6,8-10H,4,7H2,1-3H3,(H,19,21). The first-order valence-electron chi connectivity index (χ1n) is 7.49. The van der Waals surface area contributed by atoms with E-state index in [4.69, 9.17) is 4.74 Å². The predicted molar refractivity (Wildman–Crippen MR) is 93.5 cm³/mol. The number of esters is 1. The minimum atomic E-state index is -0.506. The Hall–Kier alpha value is -2.41. The molecule has 0 aliphatic heterocycles. The van der Waals surface area contributed by atoms with Gasteiger partial charge < -0.3 is 10.1 Å². The van der Waals surface area contributed by atoms with E-state index in [0.717, 1.165) is 6.42 Å². The molecular weight excluding hydrogens is 326 g/mol. The highest BCUT2D eigenvalue weighted by Gasteiger charge is 2.18. The molecular formula is C17H19N3O3S. The number of carbonyl (C=O) groups is 2. The van der Waals surface area contributed by atoms with Crippen LogP contribution in [-0.4, -0.2) is 35.2 Å². The third kappa shape index (κ3) is 4.11. The topological polar surface area (TPSA) is 81.2 Å². The molecule has 0 bridgehead atoms. The van der Waals surface area contributed by atoms with Crippen LogP contribution in [0.3, 0.4) is 0 Å². The summed E-state index contributed by atoms with van der Waals surface area (Å²) in [6.45, 7) is 2.02. The molecule has 0 aliphatic carbocycles. The molecule has 1 N–H and O–H groups in total.